The quantitative estimate of drug-likeness (QED) is 0.690. The minimum absolute atomic E-state index is 0.0698. The highest BCUT2D eigenvalue weighted by atomic mass is 16.1. The van der Waals surface area contributed by atoms with Gasteiger partial charge in [-0.3, -0.25) is 9.78 Å². The molecule has 0 aliphatic heterocycles. The van der Waals surface area contributed by atoms with Gasteiger partial charge in [-0.25, -0.2) is 4.98 Å². The summed E-state index contributed by atoms with van der Waals surface area (Å²) in [6.07, 6.45) is 5.25. The minimum atomic E-state index is -0.0698. The minimum Gasteiger partial charge on any atom is -0.384 e. The molecule has 1 aromatic carbocycles. The number of nitrogens with zero attached hydrogens (tertiary/aromatic N) is 2. The van der Waals surface area contributed by atoms with Gasteiger partial charge in [-0.1, -0.05) is 18.2 Å². The van der Waals surface area contributed by atoms with E-state index in [0.717, 1.165) is 28.9 Å². The van der Waals surface area contributed by atoms with Crippen LogP contribution in [0.15, 0.2) is 54.7 Å². The number of carbonyl (C=O) groups excluding carboxylic acids is 1. The zero-order valence-electron chi connectivity index (χ0n) is 17.1. The Morgan fingerprint density at radius 3 is 2.80 bits per heavy atom. The molecule has 1 unspecified atom stereocenters. The van der Waals surface area contributed by atoms with E-state index in [9.17, 15) is 4.79 Å². The van der Waals surface area contributed by atoms with Gasteiger partial charge in [-0.2, -0.15) is 0 Å². The van der Waals surface area contributed by atoms with Gasteiger partial charge in [0.2, 0.25) is 0 Å². The first-order chi connectivity index (χ1) is 14.5. The summed E-state index contributed by atoms with van der Waals surface area (Å²) in [4.78, 5) is 21.7. The van der Waals surface area contributed by atoms with E-state index in [1.54, 1.807) is 0 Å². The van der Waals surface area contributed by atoms with Gasteiger partial charge in [0.1, 0.15) is 5.82 Å². The monoisotopic (exact) mass is 396 g/mol. The molecular weight excluding hydrogens is 372 g/mol. The zero-order chi connectivity index (χ0) is 20.8. The van der Waals surface area contributed by atoms with E-state index < -0.39 is 0 Å². The summed E-state index contributed by atoms with van der Waals surface area (Å²) in [6.45, 7) is 4.35. The molecule has 0 spiro atoms. The molecule has 1 amide bonds. The number of benzene rings is 1. The van der Waals surface area contributed by atoms with E-state index in [0.29, 0.717) is 29.8 Å². The molecule has 2 aromatic heterocycles. The van der Waals surface area contributed by atoms with Crippen LogP contribution in [0.1, 0.15) is 62.3 Å². The number of hydrogen-bond donors (Lipinski definition) is 2. The fraction of sp³-hybridized carbons (Fsp3) is 0.240. The van der Waals surface area contributed by atoms with Crippen LogP contribution in [-0.4, -0.2) is 15.9 Å². The second kappa shape index (κ2) is 7.10. The average molecular weight is 396 g/mol. The third-order valence-electron chi connectivity index (χ3n) is 6.33. The second-order valence-electron chi connectivity index (χ2n) is 8.19. The van der Waals surface area contributed by atoms with Crippen molar-refractivity contribution in [3.8, 4) is 0 Å². The molecule has 30 heavy (non-hydrogen) atoms. The number of allylic oxidation sites excluding steroid dienone is 2. The second-order valence-corrected chi connectivity index (χ2v) is 8.19. The lowest BCUT2D eigenvalue weighted by Crippen LogP contribution is -2.24. The van der Waals surface area contributed by atoms with Gasteiger partial charge in [-0.15, -0.1) is 0 Å². The molecule has 5 nitrogen and oxygen atoms in total. The number of pyridine rings is 2. The highest BCUT2D eigenvalue weighted by Gasteiger charge is 2.39. The van der Waals surface area contributed by atoms with Crippen LogP contribution in [0.3, 0.4) is 0 Å². The van der Waals surface area contributed by atoms with Crippen LogP contribution in [0.4, 0.5) is 5.82 Å². The van der Waals surface area contributed by atoms with Crippen LogP contribution in [0.5, 0.6) is 0 Å². The van der Waals surface area contributed by atoms with Crippen LogP contribution in [0, 0.1) is 13.8 Å². The lowest BCUT2D eigenvalue weighted by atomic mass is 9.88. The number of anilines is 1. The van der Waals surface area contributed by atoms with Crippen LogP contribution >= 0.6 is 0 Å². The van der Waals surface area contributed by atoms with Crippen LogP contribution < -0.4 is 11.1 Å². The molecule has 3 aromatic rings. The SMILES string of the molecule is Cc1cc(N)nc(C)c1CNC(=O)c1ccc2c(c1)C1C[C@@H]2C=C1c1ccccn1. The van der Waals surface area contributed by atoms with Gasteiger partial charge in [-0.05, 0) is 78.4 Å². The van der Waals surface area contributed by atoms with Crippen molar-refractivity contribution < 1.29 is 4.79 Å². The number of amides is 1. The molecule has 5 heteroatoms. The highest BCUT2D eigenvalue weighted by Crippen LogP contribution is 2.55. The van der Waals surface area contributed by atoms with Crippen LogP contribution in [0.25, 0.3) is 5.57 Å². The Balaban J connectivity index is 1.36. The molecule has 3 N–H and O–H groups in total. The fourth-order valence-corrected chi connectivity index (χ4v) is 4.87. The molecule has 0 saturated carbocycles. The standard InChI is InChI=1S/C25H24N4O/c1-14-9-24(26)29-15(2)22(14)13-28-25(30)16-6-7-18-17-11-20(19(18)10-16)21(12-17)23-5-3-4-8-27-23/h3-10,12,17,20H,11,13H2,1-2H3,(H2,26,29)(H,28,30)/t17-,20?/m1/s1. The first kappa shape index (κ1) is 18.6. The lowest BCUT2D eigenvalue weighted by Gasteiger charge is -2.18. The Morgan fingerprint density at radius 1 is 1.17 bits per heavy atom. The number of hydrogen-bond acceptors (Lipinski definition) is 4. The number of nitrogen functional groups attached to an aromatic ring is 1. The largest absolute Gasteiger partial charge is 0.384 e. The van der Waals surface area contributed by atoms with Crippen molar-refractivity contribution in [2.24, 2.45) is 0 Å². The molecule has 2 bridgehead atoms. The molecule has 0 fully saturated rings. The van der Waals surface area contributed by atoms with Gasteiger partial charge < -0.3 is 11.1 Å². The van der Waals surface area contributed by atoms with Gasteiger partial charge in [0.05, 0.1) is 5.69 Å². The Hall–Kier alpha value is -3.47. The summed E-state index contributed by atoms with van der Waals surface area (Å²) < 4.78 is 0. The molecule has 2 atom stereocenters. The van der Waals surface area contributed by atoms with Crippen molar-refractivity contribution in [3.05, 3.63) is 93.9 Å². The summed E-state index contributed by atoms with van der Waals surface area (Å²) in [6, 6.07) is 14.0. The van der Waals surface area contributed by atoms with Gasteiger partial charge in [0.25, 0.3) is 5.91 Å². The normalized spacial score (nSPS) is 18.8. The van der Waals surface area contributed by atoms with E-state index in [2.05, 4.69) is 39.6 Å². The molecule has 2 aliphatic carbocycles. The molecule has 0 saturated heterocycles. The Bertz CT molecular complexity index is 1160. The van der Waals surface area contributed by atoms with Crippen molar-refractivity contribution in [1.29, 1.82) is 0 Å². The number of rotatable bonds is 4. The van der Waals surface area contributed by atoms with E-state index in [1.165, 1.54) is 16.7 Å². The maximum Gasteiger partial charge on any atom is 0.251 e. The van der Waals surface area contributed by atoms with Crippen molar-refractivity contribution in [2.75, 3.05) is 5.73 Å². The Kier molecular flexibility index (Phi) is 4.39. The zero-order valence-corrected chi connectivity index (χ0v) is 17.1. The maximum absolute atomic E-state index is 12.9. The lowest BCUT2D eigenvalue weighted by molar-refractivity contribution is 0.0950. The predicted octanol–water partition coefficient (Wildman–Crippen LogP) is 4.27. The number of aromatic nitrogens is 2. The molecule has 2 heterocycles. The van der Waals surface area contributed by atoms with Crippen molar-refractivity contribution in [2.45, 2.75) is 38.6 Å². The van der Waals surface area contributed by atoms with Gasteiger partial charge in [0.15, 0.2) is 0 Å². The van der Waals surface area contributed by atoms with E-state index >= 15 is 0 Å². The fourth-order valence-electron chi connectivity index (χ4n) is 4.87. The first-order valence-corrected chi connectivity index (χ1v) is 10.3. The first-order valence-electron chi connectivity index (χ1n) is 10.3. The maximum atomic E-state index is 12.9. The predicted molar refractivity (Wildman–Crippen MR) is 118 cm³/mol. The third-order valence-corrected chi connectivity index (χ3v) is 6.33. The van der Waals surface area contributed by atoms with Crippen LogP contribution in [-0.2, 0) is 6.54 Å². The highest BCUT2D eigenvalue weighted by molar-refractivity contribution is 5.95. The topological polar surface area (TPSA) is 80.9 Å². The number of carbonyl (C=O) groups is 1. The summed E-state index contributed by atoms with van der Waals surface area (Å²) >= 11 is 0. The Morgan fingerprint density at radius 2 is 2.03 bits per heavy atom. The molecule has 2 aliphatic rings. The van der Waals surface area contributed by atoms with Crippen molar-refractivity contribution in [3.63, 3.8) is 0 Å². The van der Waals surface area contributed by atoms with E-state index in [4.69, 9.17) is 5.73 Å². The molecule has 0 radical (unpaired) electrons. The number of nitrogens with one attached hydrogen (secondary N) is 1. The van der Waals surface area contributed by atoms with Gasteiger partial charge in [0, 0.05) is 35.8 Å². The summed E-state index contributed by atoms with van der Waals surface area (Å²) in [5.74, 6) is 1.17. The summed E-state index contributed by atoms with van der Waals surface area (Å²) in [5, 5.41) is 3.05. The van der Waals surface area contributed by atoms with Crippen molar-refractivity contribution >= 4 is 17.3 Å². The smallest absolute Gasteiger partial charge is 0.251 e. The number of aryl methyl sites for hydroxylation is 2. The van der Waals surface area contributed by atoms with Gasteiger partial charge >= 0.3 is 0 Å². The van der Waals surface area contributed by atoms with Crippen LogP contribution in [0.2, 0.25) is 0 Å². The molecule has 5 rings (SSSR count). The molecular formula is C25H24N4O. The number of fused-ring (bicyclic) bond motifs is 5. The van der Waals surface area contributed by atoms with Crippen molar-refractivity contribution in [1.82, 2.24) is 15.3 Å². The average Bonchev–Trinajstić information content (AvgIpc) is 3.33. The van der Waals surface area contributed by atoms with E-state index in [1.807, 2.05) is 44.3 Å². The van der Waals surface area contributed by atoms with E-state index in [-0.39, 0.29) is 5.91 Å². The summed E-state index contributed by atoms with van der Waals surface area (Å²) in [5.41, 5.74) is 14.3. The molecule has 150 valence electrons. The number of nitrogens with two attached hydrogens (primary N) is 1. The Labute approximate surface area is 176 Å². The summed E-state index contributed by atoms with van der Waals surface area (Å²) in [7, 11) is 0. The third kappa shape index (κ3) is 3.07.